The fourth-order valence-corrected chi connectivity index (χ4v) is 4.59. The van der Waals surface area contributed by atoms with Crippen LogP contribution in [0, 0.1) is 0 Å². The molecule has 202 valence electrons. The number of aromatic nitrogens is 1. The maximum Gasteiger partial charge on any atom is 0.344 e. The van der Waals surface area contributed by atoms with Crippen molar-refractivity contribution >= 4 is 5.97 Å². The lowest BCUT2D eigenvalue weighted by atomic mass is 9.85. The van der Waals surface area contributed by atoms with E-state index in [1.807, 2.05) is 42.6 Å². The third-order valence-electron chi connectivity index (χ3n) is 6.71. The minimum Gasteiger partial charge on any atom is -0.482 e. The molecule has 4 aromatic rings. The van der Waals surface area contributed by atoms with E-state index in [0.717, 1.165) is 40.7 Å². The third-order valence-corrected chi connectivity index (χ3v) is 6.71. The van der Waals surface area contributed by atoms with E-state index >= 15 is 0 Å². The molecule has 1 heterocycles. The number of carbonyl (C=O) groups is 1. The molecule has 0 atom stereocenters. The number of hydrogen-bond donors (Lipinski definition) is 0. The molecule has 3 aromatic carbocycles. The molecule has 5 heteroatoms. The van der Waals surface area contributed by atoms with Gasteiger partial charge in [0.2, 0.25) is 0 Å². The summed E-state index contributed by atoms with van der Waals surface area (Å²) in [5, 5.41) is 0. The van der Waals surface area contributed by atoms with Crippen LogP contribution in [0.4, 0.5) is 0 Å². The highest BCUT2D eigenvalue weighted by atomic mass is 16.6. The molecular weight excluding hydrogens is 486 g/mol. The van der Waals surface area contributed by atoms with Crippen molar-refractivity contribution in [1.29, 1.82) is 0 Å². The Morgan fingerprint density at radius 3 is 2.23 bits per heavy atom. The molecule has 5 nitrogen and oxygen atoms in total. The van der Waals surface area contributed by atoms with E-state index in [4.69, 9.17) is 9.47 Å². The van der Waals surface area contributed by atoms with Gasteiger partial charge < -0.3 is 14.0 Å². The number of nitrogens with zero attached hydrogens (tertiary/aromatic N) is 1. The van der Waals surface area contributed by atoms with Gasteiger partial charge in [0.1, 0.15) is 5.75 Å². The van der Waals surface area contributed by atoms with Gasteiger partial charge in [0.25, 0.3) is 5.56 Å². The summed E-state index contributed by atoms with van der Waals surface area (Å²) in [4.78, 5) is 24.3. The monoisotopic (exact) mass is 523 g/mol. The van der Waals surface area contributed by atoms with Gasteiger partial charge in [-0.25, -0.2) is 4.79 Å². The van der Waals surface area contributed by atoms with Gasteiger partial charge in [-0.05, 0) is 76.8 Å². The largest absolute Gasteiger partial charge is 0.482 e. The smallest absolute Gasteiger partial charge is 0.344 e. The van der Waals surface area contributed by atoms with Crippen molar-refractivity contribution in [2.24, 2.45) is 0 Å². The lowest BCUT2D eigenvalue weighted by molar-refractivity contribution is -0.145. The first kappa shape index (κ1) is 27.9. The predicted octanol–water partition coefficient (Wildman–Crippen LogP) is 7.05. The number of esters is 1. The molecule has 39 heavy (non-hydrogen) atoms. The summed E-state index contributed by atoms with van der Waals surface area (Å²) in [6, 6.07) is 28.3. The van der Waals surface area contributed by atoms with Crippen LogP contribution in [0.5, 0.6) is 5.75 Å². The zero-order valence-electron chi connectivity index (χ0n) is 23.3. The number of hydrogen-bond acceptors (Lipinski definition) is 4. The average molecular weight is 524 g/mol. The zero-order valence-corrected chi connectivity index (χ0v) is 23.3. The van der Waals surface area contributed by atoms with Crippen LogP contribution < -0.4 is 10.3 Å². The topological polar surface area (TPSA) is 57.5 Å². The summed E-state index contributed by atoms with van der Waals surface area (Å²) in [6.45, 7) is 9.25. The van der Waals surface area contributed by atoms with Gasteiger partial charge in [-0.15, -0.1) is 0 Å². The molecule has 0 saturated heterocycles. The molecule has 0 fully saturated rings. The Hall–Kier alpha value is -4.12. The second-order valence-corrected chi connectivity index (χ2v) is 10.7. The van der Waals surface area contributed by atoms with Crippen LogP contribution in [0.3, 0.4) is 0 Å². The molecule has 0 amide bonds. The highest BCUT2D eigenvalue weighted by Crippen LogP contribution is 2.33. The summed E-state index contributed by atoms with van der Waals surface area (Å²) in [7, 11) is 0. The van der Waals surface area contributed by atoms with E-state index in [0.29, 0.717) is 18.9 Å². The zero-order chi connectivity index (χ0) is 27.8. The second-order valence-electron chi connectivity index (χ2n) is 10.7. The Labute approximate surface area is 231 Å². The minimum atomic E-state index is -0.384. The van der Waals surface area contributed by atoms with Crippen molar-refractivity contribution in [1.82, 2.24) is 4.57 Å². The van der Waals surface area contributed by atoms with E-state index in [9.17, 15) is 9.59 Å². The molecule has 0 aliphatic rings. The molecule has 1 aromatic heterocycles. The van der Waals surface area contributed by atoms with Crippen LogP contribution in [0.1, 0.15) is 45.2 Å². The van der Waals surface area contributed by atoms with E-state index in [1.54, 1.807) is 17.6 Å². The lowest BCUT2D eigenvalue weighted by Crippen LogP contribution is -2.19. The number of benzene rings is 3. The van der Waals surface area contributed by atoms with Gasteiger partial charge in [0.15, 0.2) is 6.61 Å². The Bertz CT molecular complexity index is 1460. The van der Waals surface area contributed by atoms with Gasteiger partial charge in [0, 0.05) is 18.8 Å². The van der Waals surface area contributed by atoms with Crippen LogP contribution >= 0.6 is 0 Å². The molecule has 0 aliphatic heterocycles. The first-order valence-electron chi connectivity index (χ1n) is 13.5. The lowest BCUT2D eigenvalue weighted by Gasteiger charge is -2.19. The fourth-order valence-electron chi connectivity index (χ4n) is 4.59. The van der Waals surface area contributed by atoms with Crippen LogP contribution in [-0.2, 0) is 27.9 Å². The van der Waals surface area contributed by atoms with Crippen LogP contribution in [0.15, 0.2) is 95.9 Å². The Kier molecular flexibility index (Phi) is 9.03. The quantitative estimate of drug-likeness (QED) is 0.209. The van der Waals surface area contributed by atoms with Gasteiger partial charge in [-0.2, -0.15) is 0 Å². The molecule has 0 bridgehead atoms. The van der Waals surface area contributed by atoms with E-state index in [2.05, 4.69) is 63.2 Å². The maximum atomic E-state index is 12.7. The van der Waals surface area contributed by atoms with Crippen molar-refractivity contribution in [2.75, 3.05) is 13.2 Å². The van der Waals surface area contributed by atoms with E-state index in [1.165, 1.54) is 5.56 Å². The molecule has 0 saturated carbocycles. The van der Waals surface area contributed by atoms with Crippen molar-refractivity contribution in [2.45, 2.75) is 52.5 Å². The van der Waals surface area contributed by atoms with Crippen molar-refractivity contribution in [3.05, 3.63) is 113 Å². The van der Waals surface area contributed by atoms with Gasteiger partial charge in [0.05, 0.1) is 6.61 Å². The molecule has 0 aliphatic carbocycles. The van der Waals surface area contributed by atoms with Crippen LogP contribution in [0.25, 0.3) is 22.3 Å². The Morgan fingerprint density at radius 2 is 1.54 bits per heavy atom. The minimum absolute atomic E-state index is 0.0164. The number of rotatable bonds is 10. The van der Waals surface area contributed by atoms with Crippen molar-refractivity contribution in [3.63, 3.8) is 0 Å². The normalized spacial score (nSPS) is 11.3. The SMILES string of the molecule is CCOC(=O)COc1cccc(CCCn2cc(-c3ccccc3-c3ccc(C(C)(C)C)cc3)ccc2=O)c1. The molecular formula is C34H37NO4. The summed E-state index contributed by atoms with van der Waals surface area (Å²) in [6.07, 6.45) is 3.54. The number of ether oxygens (including phenoxy) is 2. The van der Waals surface area contributed by atoms with E-state index < -0.39 is 0 Å². The summed E-state index contributed by atoms with van der Waals surface area (Å²) in [5.74, 6) is 0.248. The molecule has 0 N–H and O–H groups in total. The second kappa shape index (κ2) is 12.6. The average Bonchev–Trinajstić information content (AvgIpc) is 2.93. The molecule has 4 rings (SSSR count). The molecule has 0 radical (unpaired) electrons. The van der Waals surface area contributed by atoms with Crippen LogP contribution in [0.2, 0.25) is 0 Å². The molecule has 0 spiro atoms. The first-order chi connectivity index (χ1) is 18.7. The maximum absolute atomic E-state index is 12.7. The van der Waals surface area contributed by atoms with Gasteiger partial charge >= 0.3 is 5.97 Å². The van der Waals surface area contributed by atoms with Crippen molar-refractivity contribution < 1.29 is 14.3 Å². The van der Waals surface area contributed by atoms with Gasteiger partial charge in [-0.3, -0.25) is 4.79 Å². The van der Waals surface area contributed by atoms with Gasteiger partial charge in [-0.1, -0.05) is 81.4 Å². The number of carbonyl (C=O) groups excluding carboxylic acids is 1. The van der Waals surface area contributed by atoms with E-state index in [-0.39, 0.29) is 23.6 Å². The number of aryl methyl sites for hydroxylation is 2. The molecule has 0 unspecified atom stereocenters. The highest BCUT2D eigenvalue weighted by molar-refractivity contribution is 5.83. The number of pyridine rings is 1. The highest BCUT2D eigenvalue weighted by Gasteiger charge is 2.14. The third kappa shape index (κ3) is 7.47. The Balaban J connectivity index is 1.47. The summed E-state index contributed by atoms with van der Waals surface area (Å²) < 4.78 is 12.3. The summed E-state index contributed by atoms with van der Waals surface area (Å²) >= 11 is 0. The first-order valence-corrected chi connectivity index (χ1v) is 13.5. The van der Waals surface area contributed by atoms with Crippen LogP contribution in [-0.4, -0.2) is 23.8 Å². The standard InChI is InChI=1S/C34H37NO4/c1-5-38-33(37)24-39-29-12-8-10-25(22-29)11-9-21-35-23-27(17-20-32(35)36)31-14-7-6-13-30(31)26-15-18-28(19-16-26)34(2,3)4/h6-8,10,12-20,22-23H,5,9,11,21,24H2,1-4H3. The van der Waals surface area contributed by atoms with Crippen molar-refractivity contribution in [3.8, 4) is 28.0 Å². The Morgan fingerprint density at radius 1 is 0.846 bits per heavy atom. The summed E-state index contributed by atoms with van der Waals surface area (Å²) in [5.41, 5.74) is 6.88. The fraction of sp³-hybridized carbons (Fsp3) is 0.294. The predicted molar refractivity (Wildman–Crippen MR) is 157 cm³/mol.